The molecule has 138 valence electrons. The highest BCUT2D eigenvalue weighted by Gasteiger charge is 2.23. The van der Waals surface area contributed by atoms with E-state index in [0.29, 0.717) is 5.76 Å². The number of halogens is 1. The maximum atomic E-state index is 13.1. The van der Waals surface area contributed by atoms with Crippen molar-refractivity contribution in [2.24, 2.45) is 0 Å². The number of anilines is 1. The van der Waals surface area contributed by atoms with E-state index in [9.17, 15) is 14.0 Å². The molecule has 0 fully saturated rings. The van der Waals surface area contributed by atoms with Crippen LogP contribution in [0.25, 0.3) is 0 Å². The molecule has 3 rings (SSSR count). The number of rotatable bonds is 6. The van der Waals surface area contributed by atoms with Crippen molar-refractivity contribution in [2.75, 3.05) is 5.32 Å². The molecule has 0 unspecified atom stereocenters. The molecule has 1 aromatic heterocycles. The van der Waals surface area contributed by atoms with E-state index in [-0.39, 0.29) is 17.8 Å². The van der Waals surface area contributed by atoms with Gasteiger partial charge in [0.15, 0.2) is 5.82 Å². The summed E-state index contributed by atoms with van der Waals surface area (Å²) in [6, 6.07) is 15.2. The quantitative estimate of drug-likeness (QED) is 0.701. The summed E-state index contributed by atoms with van der Waals surface area (Å²) >= 11 is 0. The second-order valence-corrected chi connectivity index (χ2v) is 6.03. The molecule has 6 nitrogen and oxygen atoms in total. The van der Waals surface area contributed by atoms with E-state index in [1.165, 1.54) is 24.3 Å². The molecule has 0 radical (unpaired) electrons. The normalized spacial score (nSPS) is 11.6. The summed E-state index contributed by atoms with van der Waals surface area (Å²) in [7, 11) is 0. The Morgan fingerprint density at radius 3 is 2.44 bits per heavy atom. The summed E-state index contributed by atoms with van der Waals surface area (Å²) < 4.78 is 18.0. The molecule has 0 saturated carbocycles. The number of carbonyl (C=O) groups is 2. The van der Waals surface area contributed by atoms with E-state index < -0.39 is 23.7 Å². The van der Waals surface area contributed by atoms with Crippen molar-refractivity contribution in [3.8, 4) is 0 Å². The number of carbonyl (C=O) groups excluding carboxylic acids is 2. The van der Waals surface area contributed by atoms with E-state index in [1.54, 1.807) is 13.0 Å². The Morgan fingerprint density at radius 2 is 1.81 bits per heavy atom. The van der Waals surface area contributed by atoms with E-state index >= 15 is 0 Å². The summed E-state index contributed by atoms with van der Waals surface area (Å²) in [5.74, 6) is -0.511. The van der Waals surface area contributed by atoms with Gasteiger partial charge in [-0.25, -0.2) is 4.39 Å². The number of benzene rings is 2. The fraction of sp³-hybridized carbons (Fsp3) is 0.150. The molecule has 7 heteroatoms. The number of hydrogen-bond donors (Lipinski definition) is 2. The van der Waals surface area contributed by atoms with Crippen molar-refractivity contribution < 1.29 is 18.5 Å². The monoisotopic (exact) mass is 367 g/mol. The third-order valence-electron chi connectivity index (χ3n) is 3.89. The zero-order valence-electron chi connectivity index (χ0n) is 14.6. The van der Waals surface area contributed by atoms with Gasteiger partial charge in [-0.05, 0) is 36.8 Å². The lowest BCUT2D eigenvalue weighted by atomic mass is 10.0. The average Bonchev–Trinajstić information content (AvgIpc) is 3.07. The number of hydrogen-bond acceptors (Lipinski definition) is 4. The molecule has 3 aromatic rings. The van der Waals surface area contributed by atoms with Gasteiger partial charge in [0.05, 0.1) is 0 Å². The molecule has 0 aliphatic rings. The Morgan fingerprint density at radius 1 is 1.11 bits per heavy atom. The number of nitrogens with one attached hydrogen (secondary N) is 2. The van der Waals surface area contributed by atoms with Crippen LogP contribution >= 0.6 is 0 Å². The first kappa shape index (κ1) is 18.3. The molecule has 27 heavy (non-hydrogen) atoms. The second kappa shape index (κ2) is 8.27. The maximum absolute atomic E-state index is 13.1. The zero-order valence-corrected chi connectivity index (χ0v) is 14.6. The van der Waals surface area contributed by atoms with Crippen molar-refractivity contribution in [1.29, 1.82) is 0 Å². The van der Waals surface area contributed by atoms with Crippen LogP contribution in [0.1, 0.15) is 21.7 Å². The zero-order chi connectivity index (χ0) is 19.2. The van der Waals surface area contributed by atoms with Gasteiger partial charge in [-0.15, -0.1) is 0 Å². The van der Waals surface area contributed by atoms with Gasteiger partial charge in [-0.3, -0.25) is 9.59 Å². The van der Waals surface area contributed by atoms with Crippen molar-refractivity contribution in [3.63, 3.8) is 0 Å². The van der Waals surface area contributed by atoms with Gasteiger partial charge in [0.1, 0.15) is 17.6 Å². The average molecular weight is 367 g/mol. The van der Waals surface area contributed by atoms with Crippen LogP contribution in [0.5, 0.6) is 0 Å². The predicted molar refractivity (Wildman–Crippen MR) is 97.7 cm³/mol. The summed E-state index contributed by atoms with van der Waals surface area (Å²) in [5, 5.41) is 9.06. The fourth-order valence-electron chi connectivity index (χ4n) is 2.54. The van der Waals surface area contributed by atoms with Gasteiger partial charge in [0, 0.05) is 18.1 Å². The molecule has 2 aromatic carbocycles. The summed E-state index contributed by atoms with van der Waals surface area (Å²) in [5.41, 5.74) is 1.15. The van der Waals surface area contributed by atoms with Crippen molar-refractivity contribution in [3.05, 3.63) is 83.4 Å². The Labute approximate surface area is 155 Å². The molecule has 0 aliphatic carbocycles. The van der Waals surface area contributed by atoms with E-state index in [2.05, 4.69) is 15.8 Å². The molecule has 0 spiro atoms. The van der Waals surface area contributed by atoms with Crippen molar-refractivity contribution in [1.82, 2.24) is 10.5 Å². The predicted octanol–water partition coefficient (Wildman–Crippen LogP) is 3.10. The molecule has 0 saturated heterocycles. The van der Waals surface area contributed by atoms with Crippen LogP contribution < -0.4 is 10.6 Å². The molecule has 1 atom stereocenters. The standard InChI is InChI=1S/C20H18FN3O3/c1-13-11-18(24-27-13)23-20(26)17(12-14-5-3-2-4-6-14)22-19(25)15-7-9-16(21)10-8-15/h2-11,17H,12H2,1H3,(H,22,25)(H,23,24,26)/t17-/m0/s1. The van der Waals surface area contributed by atoms with Gasteiger partial charge in [-0.1, -0.05) is 35.5 Å². The molecule has 0 aliphatic heterocycles. The van der Waals surface area contributed by atoms with Gasteiger partial charge >= 0.3 is 0 Å². The van der Waals surface area contributed by atoms with Gasteiger partial charge in [0.25, 0.3) is 5.91 Å². The van der Waals surface area contributed by atoms with E-state index in [4.69, 9.17) is 4.52 Å². The molecule has 2 amide bonds. The molecular formula is C20H18FN3O3. The summed E-state index contributed by atoms with van der Waals surface area (Å²) in [4.78, 5) is 25.1. The third kappa shape index (κ3) is 5.01. The lowest BCUT2D eigenvalue weighted by molar-refractivity contribution is -0.118. The largest absolute Gasteiger partial charge is 0.360 e. The fourth-order valence-corrected chi connectivity index (χ4v) is 2.54. The van der Waals surface area contributed by atoms with Crippen molar-refractivity contribution >= 4 is 17.6 Å². The minimum absolute atomic E-state index is 0.263. The first-order valence-electron chi connectivity index (χ1n) is 8.36. The Bertz CT molecular complexity index is 923. The van der Waals surface area contributed by atoms with Gasteiger partial charge in [0.2, 0.25) is 5.91 Å². The Hall–Kier alpha value is -3.48. The topological polar surface area (TPSA) is 84.2 Å². The van der Waals surface area contributed by atoms with E-state index in [0.717, 1.165) is 5.56 Å². The third-order valence-corrected chi connectivity index (χ3v) is 3.89. The smallest absolute Gasteiger partial charge is 0.251 e. The second-order valence-electron chi connectivity index (χ2n) is 6.03. The lowest BCUT2D eigenvalue weighted by Gasteiger charge is -2.18. The van der Waals surface area contributed by atoms with Crippen molar-refractivity contribution in [2.45, 2.75) is 19.4 Å². The van der Waals surface area contributed by atoms with Gasteiger partial charge in [-0.2, -0.15) is 0 Å². The molecular weight excluding hydrogens is 349 g/mol. The highest BCUT2D eigenvalue weighted by atomic mass is 19.1. The first-order valence-corrected chi connectivity index (χ1v) is 8.36. The Balaban J connectivity index is 1.76. The Kier molecular flexibility index (Phi) is 5.61. The van der Waals surface area contributed by atoms with Crippen LogP contribution in [-0.2, 0) is 11.2 Å². The number of aryl methyl sites for hydroxylation is 1. The van der Waals surface area contributed by atoms with Crippen LogP contribution in [0.2, 0.25) is 0 Å². The maximum Gasteiger partial charge on any atom is 0.251 e. The summed E-state index contributed by atoms with van der Waals surface area (Å²) in [6.07, 6.45) is 0.288. The highest BCUT2D eigenvalue weighted by molar-refractivity contribution is 6.00. The lowest BCUT2D eigenvalue weighted by Crippen LogP contribution is -2.45. The van der Waals surface area contributed by atoms with Gasteiger partial charge < -0.3 is 15.2 Å². The van der Waals surface area contributed by atoms with E-state index in [1.807, 2.05) is 30.3 Å². The molecule has 1 heterocycles. The minimum Gasteiger partial charge on any atom is -0.360 e. The summed E-state index contributed by atoms with van der Waals surface area (Å²) in [6.45, 7) is 1.71. The van der Waals surface area contributed by atoms with Crippen LogP contribution in [0.15, 0.2) is 65.2 Å². The molecule has 0 bridgehead atoms. The first-order chi connectivity index (χ1) is 13.0. The number of aromatic nitrogens is 1. The highest BCUT2D eigenvalue weighted by Crippen LogP contribution is 2.11. The molecule has 2 N–H and O–H groups in total. The number of amides is 2. The SMILES string of the molecule is Cc1cc(NC(=O)[C@H](Cc2ccccc2)NC(=O)c2ccc(F)cc2)no1. The van der Waals surface area contributed by atoms with Crippen LogP contribution in [0.3, 0.4) is 0 Å². The van der Waals surface area contributed by atoms with Crippen LogP contribution in [-0.4, -0.2) is 23.0 Å². The minimum atomic E-state index is -0.845. The van der Waals surface area contributed by atoms with Crippen LogP contribution in [0.4, 0.5) is 10.2 Å². The number of nitrogens with zero attached hydrogens (tertiary/aromatic N) is 1. The van der Waals surface area contributed by atoms with Crippen LogP contribution in [0, 0.1) is 12.7 Å².